The minimum absolute atomic E-state index is 0.208. The molecular formula is C23H24N4O2. The molecule has 0 spiro atoms. The van der Waals surface area contributed by atoms with Gasteiger partial charge in [0.1, 0.15) is 11.4 Å². The molecule has 0 atom stereocenters. The molecule has 1 N–H and O–H groups in total. The monoisotopic (exact) mass is 388 g/mol. The van der Waals surface area contributed by atoms with Crippen LogP contribution in [-0.2, 0) is 6.42 Å². The Hall–Kier alpha value is -3.54. The molecule has 0 radical (unpaired) electrons. The van der Waals surface area contributed by atoms with Gasteiger partial charge in [-0.25, -0.2) is 4.98 Å². The Morgan fingerprint density at radius 2 is 1.66 bits per heavy atom. The van der Waals surface area contributed by atoms with Crippen LogP contribution in [0.5, 0.6) is 0 Å². The van der Waals surface area contributed by atoms with E-state index in [-0.39, 0.29) is 23.2 Å². The van der Waals surface area contributed by atoms with Crippen LogP contribution in [-0.4, -0.2) is 40.3 Å². The molecule has 3 rings (SSSR count). The molecule has 6 heteroatoms. The average Bonchev–Trinajstić information content (AvgIpc) is 2.75. The van der Waals surface area contributed by atoms with E-state index in [1.54, 1.807) is 42.5 Å². The number of benzene rings is 1. The van der Waals surface area contributed by atoms with Crippen LogP contribution in [0.15, 0.2) is 60.9 Å². The molecule has 0 aliphatic heterocycles. The first-order valence-corrected chi connectivity index (χ1v) is 9.44. The van der Waals surface area contributed by atoms with Crippen molar-refractivity contribution < 1.29 is 9.59 Å². The van der Waals surface area contributed by atoms with Gasteiger partial charge in [-0.2, -0.15) is 0 Å². The summed E-state index contributed by atoms with van der Waals surface area (Å²) in [5.74, 6) is -0.562. The fraction of sp³-hybridized carbons (Fsp3) is 0.217. The van der Waals surface area contributed by atoms with Gasteiger partial charge in [-0.1, -0.05) is 18.2 Å². The molecular weight excluding hydrogens is 364 g/mol. The zero-order chi connectivity index (χ0) is 20.8. The van der Waals surface area contributed by atoms with E-state index in [0.29, 0.717) is 6.54 Å². The van der Waals surface area contributed by atoms with Crippen molar-refractivity contribution in [3.8, 4) is 0 Å². The molecule has 0 saturated carbocycles. The number of pyridine rings is 2. The zero-order valence-corrected chi connectivity index (χ0v) is 16.8. The summed E-state index contributed by atoms with van der Waals surface area (Å²) in [7, 11) is 1.73. The quantitative estimate of drug-likeness (QED) is 0.699. The van der Waals surface area contributed by atoms with Gasteiger partial charge in [-0.3, -0.25) is 14.6 Å². The van der Waals surface area contributed by atoms with Gasteiger partial charge in [0.05, 0.1) is 0 Å². The summed E-state index contributed by atoms with van der Waals surface area (Å²) in [5.41, 5.74) is 4.40. The molecule has 2 amide bonds. The van der Waals surface area contributed by atoms with Gasteiger partial charge < -0.3 is 10.2 Å². The van der Waals surface area contributed by atoms with Crippen LogP contribution >= 0.6 is 0 Å². The lowest BCUT2D eigenvalue weighted by Gasteiger charge is -2.17. The normalized spacial score (nSPS) is 10.4. The predicted octanol–water partition coefficient (Wildman–Crippen LogP) is 3.66. The SMILES string of the molecule is Cc1cccc(NC(=O)c2cccc(C(=O)N(C)CCc3ccncc3)n2)c1C. The average molecular weight is 388 g/mol. The first-order chi connectivity index (χ1) is 14.0. The first-order valence-electron chi connectivity index (χ1n) is 9.44. The molecule has 0 fully saturated rings. The predicted molar refractivity (Wildman–Crippen MR) is 113 cm³/mol. The maximum atomic E-state index is 12.7. The molecule has 6 nitrogen and oxygen atoms in total. The highest BCUT2D eigenvalue weighted by molar-refractivity contribution is 6.04. The van der Waals surface area contributed by atoms with Crippen molar-refractivity contribution in [2.45, 2.75) is 20.3 Å². The molecule has 0 saturated heterocycles. The summed E-state index contributed by atoms with van der Waals surface area (Å²) in [6, 6.07) is 14.5. The lowest BCUT2D eigenvalue weighted by Crippen LogP contribution is -2.30. The van der Waals surface area contributed by atoms with Crippen molar-refractivity contribution in [3.63, 3.8) is 0 Å². The number of amides is 2. The number of nitrogens with zero attached hydrogens (tertiary/aromatic N) is 3. The van der Waals surface area contributed by atoms with Gasteiger partial charge in [-0.15, -0.1) is 0 Å². The smallest absolute Gasteiger partial charge is 0.274 e. The van der Waals surface area contributed by atoms with Crippen LogP contribution in [0.2, 0.25) is 0 Å². The van der Waals surface area contributed by atoms with Crippen molar-refractivity contribution in [3.05, 3.63) is 89.0 Å². The summed E-state index contributed by atoms with van der Waals surface area (Å²) in [6.45, 7) is 4.49. The zero-order valence-electron chi connectivity index (χ0n) is 16.8. The minimum atomic E-state index is -0.340. The van der Waals surface area contributed by atoms with Crippen molar-refractivity contribution in [1.82, 2.24) is 14.9 Å². The summed E-state index contributed by atoms with van der Waals surface area (Å²) >= 11 is 0. The highest BCUT2D eigenvalue weighted by atomic mass is 16.2. The van der Waals surface area contributed by atoms with Gasteiger partial charge in [0.15, 0.2) is 0 Å². The third kappa shape index (κ3) is 5.04. The van der Waals surface area contributed by atoms with Crippen molar-refractivity contribution >= 4 is 17.5 Å². The van der Waals surface area contributed by atoms with Crippen molar-refractivity contribution in [1.29, 1.82) is 0 Å². The molecule has 29 heavy (non-hydrogen) atoms. The Morgan fingerprint density at radius 1 is 0.966 bits per heavy atom. The number of likely N-dealkylation sites (N-methyl/N-ethyl adjacent to an activating group) is 1. The fourth-order valence-corrected chi connectivity index (χ4v) is 2.90. The lowest BCUT2D eigenvalue weighted by atomic mass is 10.1. The first kappa shape index (κ1) is 20.2. The van der Waals surface area contributed by atoms with E-state index in [1.807, 2.05) is 44.2 Å². The van der Waals surface area contributed by atoms with Gasteiger partial charge in [0.2, 0.25) is 0 Å². The Morgan fingerprint density at radius 3 is 2.41 bits per heavy atom. The topological polar surface area (TPSA) is 75.2 Å². The van der Waals surface area contributed by atoms with Crippen LogP contribution in [0.25, 0.3) is 0 Å². The maximum absolute atomic E-state index is 12.7. The molecule has 0 unspecified atom stereocenters. The van der Waals surface area contributed by atoms with Crippen molar-refractivity contribution in [2.75, 3.05) is 18.9 Å². The van der Waals surface area contributed by atoms with Crippen LogP contribution in [0.4, 0.5) is 5.69 Å². The summed E-state index contributed by atoms with van der Waals surface area (Å²) in [4.78, 5) is 35.2. The van der Waals surface area contributed by atoms with E-state index in [1.165, 1.54) is 0 Å². The lowest BCUT2D eigenvalue weighted by molar-refractivity contribution is 0.0790. The second-order valence-corrected chi connectivity index (χ2v) is 6.94. The fourth-order valence-electron chi connectivity index (χ4n) is 2.90. The van der Waals surface area contributed by atoms with Gasteiger partial charge in [-0.05, 0) is 67.3 Å². The summed E-state index contributed by atoms with van der Waals surface area (Å²) in [5, 5.41) is 2.88. The molecule has 3 aromatic rings. The molecule has 148 valence electrons. The number of anilines is 1. The van der Waals surface area contributed by atoms with E-state index in [9.17, 15) is 9.59 Å². The van der Waals surface area contributed by atoms with Crippen molar-refractivity contribution in [2.24, 2.45) is 0 Å². The number of aromatic nitrogens is 2. The number of hydrogen-bond donors (Lipinski definition) is 1. The van der Waals surface area contributed by atoms with Gasteiger partial charge >= 0.3 is 0 Å². The number of rotatable bonds is 6. The highest BCUT2D eigenvalue weighted by Gasteiger charge is 2.16. The van der Waals surface area contributed by atoms with E-state index in [4.69, 9.17) is 0 Å². The number of nitrogens with one attached hydrogen (secondary N) is 1. The summed E-state index contributed by atoms with van der Waals surface area (Å²) in [6.07, 6.45) is 4.19. The molecule has 1 aromatic carbocycles. The van der Waals surface area contributed by atoms with Crippen LogP contribution in [0.3, 0.4) is 0 Å². The molecule has 0 aliphatic rings. The molecule has 2 aromatic heterocycles. The van der Waals surface area contributed by atoms with Crippen LogP contribution in [0, 0.1) is 13.8 Å². The second-order valence-electron chi connectivity index (χ2n) is 6.94. The van der Waals surface area contributed by atoms with E-state index >= 15 is 0 Å². The Bertz CT molecular complexity index is 1020. The van der Waals surface area contributed by atoms with E-state index in [2.05, 4.69) is 15.3 Å². The molecule has 0 bridgehead atoms. The van der Waals surface area contributed by atoms with Gasteiger partial charge in [0, 0.05) is 31.7 Å². The number of hydrogen-bond acceptors (Lipinski definition) is 4. The Labute approximate surface area is 170 Å². The minimum Gasteiger partial charge on any atom is -0.340 e. The number of carbonyl (C=O) groups excluding carboxylic acids is 2. The largest absolute Gasteiger partial charge is 0.340 e. The molecule has 0 aliphatic carbocycles. The van der Waals surface area contributed by atoms with Crippen LogP contribution in [0.1, 0.15) is 37.7 Å². The summed E-state index contributed by atoms with van der Waals surface area (Å²) < 4.78 is 0. The van der Waals surface area contributed by atoms with E-state index < -0.39 is 0 Å². The third-order valence-electron chi connectivity index (χ3n) is 4.89. The Balaban J connectivity index is 1.68. The standard InChI is InChI=1S/C23H24N4O2/c1-16-6-4-7-19(17(16)2)26-22(28)20-8-5-9-21(25-20)23(29)27(3)15-12-18-10-13-24-14-11-18/h4-11,13-14H,12,15H2,1-3H3,(H,26,28). The highest BCUT2D eigenvalue weighted by Crippen LogP contribution is 2.18. The number of carbonyl (C=O) groups is 2. The maximum Gasteiger partial charge on any atom is 0.274 e. The number of aryl methyl sites for hydroxylation is 1. The van der Waals surface area contributed by atoms with Gasteiger partial charge in [0.25, 0.3) is 11.8 Å². The Kier molecular flexibility index (Phi) is 6.34. The molecule has 2 heterocycles. The third-order valence-corrected chi connectivity index (χ3v) is 4.89. The van der Waals surface area contributed by atoms with E-state index in [0.717, 1.165) is 28.8 Å². The van der Waals surface area contributed by atoms with Crippen LogP contribution < -0.4 is 5.32 Å². The second kappa shape index (κ2) is 9.10.